The molecule has 0 saturated carbocycles. The number of carbonyl (C=O) groups excluding carboxylic acids is 1. The van der Waals surface area contributed by atoms with Crippen LogP contribution >= 0.6 is 15.9 Å². The summed E-state index contributed by atoms with van der Waals surface area (Å²) in [4.78, 5) is 12.1. The summed E-state index contributed by atoms with van der Waals surface area (Å²) in [6.07, 6.45) is 3.11. The Balaban J connectivity index is 1.78. The van der Waals surface area contributed by atoms with Crippen molar-refractivity contribution in [3.8, 4) is 11.6 Å². The molecule has 6 nitrogen and oxygen atoms in total. The number of benzene rings is 2. The lowest BCUT2D eigenvalue weighted by atomic mass is 10.2. The summed E-state index contributed by atoms with van der Waals surface area (Å²) >= 11 is 3.45. The first-order chi connectivity index (χ1) is 14.0. The van der Waals surface area contributed by atoms with E-state index in [1.807, 2.05) is 41.8 Å². The molecule has 2 aromatic carbocycles. The smallest absolute Gasteiger partial charge is 0.302 e. The number of carbonyl (C=O) groups is 1. The predicted molar refractivity (Wildman–Crippen MR) is 117 cm³/mol. The SMILES string of the molecule is CCCCCn1c(O)c(N=NC(=O)COc2ccc(C)cc2)c2cc(Br)ccc21. The van der Waals surface area contributed by atoms with Crippen molar-refractivity contribution in [2.75, 3.05) is 6.61 Å². The monoisotopic (exact) mass is 457 g/mol. The zero-order chi connectivity index (χ0) is 20.8. The second kappa shape index (κ2) is 9.69. The van der Waals surface area contributed by atoms with E-state index in [1.54, 1.807) is 12.1 Å². The molecule has 152 valence electrons. The number of rotatable bonds is 8. The lowest BCUT2D eigenvalue weighted by molar-refractivity contribution is -0.120. The summed E-state index contributed by atoms with van der Waals surface area (Å²) in [6, 6.07) is 13.1. The molecule has 0 unspecified atom stereocenters. The quantitative estimate of drug-likeness (QED) is 0.318. The van der Waals surface area contributed by atoms with Gasteiger partial charge in [0.25, 0.3) is 0 Å². The number of fused-ring (bicyclic) bond motifs is 1. The number of unbranched alkanes of at least 4 members (excludes halogenated alkanes) is 2. The van der Waals surface area contributed by atoms with Crippen LogP contribution < -0.4 is 4.74 Å². The summed E-state index contributed by atoms with van der Waals surface area (Å²) in [7, 11) is 0. The minimum Gasteiger partial charge on any atom is -0.493 e. The van der Waals surface area contributed by atoms with Crippen LogP contribution in [0.2, 0.25) is 0 Å². The van der Waals surface area contributed by atoms with Crippen molar-refractivity contribution in [2.24, 2.45) is 10.2 Å². The van der Waals surface area contributed by atoms with Gasteiger partial charge in [-0.25, -0.2) is 0 Å². The van der Waals surface area contributed by atoms with Crippen LogP contribution in [0.15, 0.2) is 57.2 Å². The highest BCUT2D eigenvalue weighted by Crippen LogP contribution is 2.40. The Labute approximate surface area is 178 Å². The van der Waals surface area contributed by atoms with E-state index in [1.165, 1.54) is 0 Å². The molecular weight excluding hydrogens is 434 g/mol. The van der Waals surface area contributed by atoms with Crippen molar-refractivity contribution in [3.63, 3.8) is 0 Å². The third kappa shape index (κ3) is 5.23. The zero-order valence-electron chi connectivity index (χ0n) is 16.6. The second-order valence-electron chi connectivity index (χ2n) is 6.89. The van der Waals surface area contributed by atoms with Crippen LogP contribution in [0.1, 0.15) is 31.7 Å². The van der Waals surface area contributed by atoms with Gasteiger partial charge in [0.05, 0.1) is 5.52 Å². The summed E-state index contributed by atoms with van der Waals surface area (Å²) in [5, 5.41) is 19.2. The predicted octanol–water partition coefficient (Wildman–Crippen LogP) is 6.30. The summed E-state index contributed by atoms with van der Waals surface area (Å²) in [5.41, 5.74) is 2.26. The van der Waals surface area contributed by atoms with E-state index >= 15 is 0 Å². The van der Waals surface area contributed by atoms with Gasteiger partial charge in [0.15, 0.2) is 12.3 Å². The Kier molecular flexibility index (Phi) is 7.04. The number of aromatic hydroxyl groups is 1. The van der Waals surface area contributed by atoms with E-state index in [-0.39, 0.29) is 12.5 Å². The number of hydrogen-bond donors (Lipinski definition) is 1. The Morgan fingerprint density at radius 2 is 1.93 bits per heavy atom. The van der Waals surface area contributed by atoms with Crippen LogP contribution in [0.25, 0.3) is 10.9 Å². The fraction of sp³-hybridized carbons (Fsp3) is 0.318. The minimum atomic E-state index is -0.521. The lowest BCUT2D eigenvalue weighted by Crippen LogP contribution is -2.07. The van der Waals surface area contributed by atoms with Gasteiger partial charge in [-0.3, -0.25) is 4.79 Å². The Bertz CT molecular complexity index is 1030. The average Bonchev–Trinajstić information content (AvgIpc) is 2.96. The Hall–Kier alpha value is -2.67. The molecule has 0 aliphatic rings. The highest BCUT2D eigenvalue weighted by molar-refractivity contribution is 9.10. The molecule has 0 spiro atoms. The molecule has 0 aliphatic heterocycles. The van der Waals surface area contributed by atoms with Gasteiger partial charge < -0.3 is 14.4 Å². The summed E-state index contributed by atoms with van der Waals surface area (Å²) in [6.45, 7) is 4.57. The molecule has 0 saturated heterocycles. The molecule has 1 amide bonds. The van der Waals surface area contributed by atoms with Crippen molar-refractivity contribution in [1.29, 1.82) is 0 Å². The van der Waals surface area contributed by atoms with Gasteiger partial charge in [-0.1, -0.05) is 53.4 Å². The number of halogens is 1. The first kappa shape index (κ1) is 21.0. The van der Waals surface area contributed by atoms with E-state index in [0.717, 1.165) is 40.2 Å². The number of nitrogens with zero attached hydrogens (tertiary/aromatic N) is 3. The second-order valence-corrected chi connectivity index (χ2v) is 7.80. The first-order valence-corrected chi connectivity index (χ1v) is 10.4. The Morgan fingerprint density at radius 3 is 2.66 bits per heavy atom. The number of aryl methyl sites for hydroxylation is 2. The number of ether oxygens (including phenoxy) is 1. The molecule has 1 aromatic heterocycles. The molecule has 3 aromatic rings. The molecule has 1 heterocycles. The maximum absolute atomic E-state index is 12.1. The minimum absolute atomic E-state index is 0.0187. The zero-order valence-corrected chi connectivity index (χ0v) is 18.1. The highest BCUT2D eigenvalue weighted by Gasteiger charge is 2.17. The van der Waals surface area contributed by atoms with Crippen LogP contribution in [0.5, 0.6) is 11.6 Å². The molecular formula is C22H24BrN3O3. The third-order valence-electron chi connectivity index (χ3n) is 4.60. The van der Waals surface area contributed by atoms with Crippen molar-refractivity contribution < 1.29 is 14.6 Å². The van der Waals surface area contributed by atoms with Crippen LogP contribution in [0.3, 0.4) is 0 Å². The van der Waals surface area contributed by atoms with E-state index in [0.29, 0.717) is 18.0 Å². The molecule has 7 heteroatoms. The van der Waals surface area contributed by atoms with E-state index in [9.17, 15) is 9.90 Å². The molecule has 1 N–H and O–H groups in total. The molecule has 3 rings (SSSR count). The molecule has 0 bridgehead atoms. The maximum atomic E-state index is 12.1. The highest BCUT2D eigenvalue weighted by atomic mass is 79.9. The average molecular weight is 458 g/mol. The summed E-state index contributed by atoms with van der Waals surface area (Å²) < 4.78 is 8.12. The normalized spacial score (nSPS) is 11.4. The van der Waals surface area contributed by atoms with Gasteiger partial charge in [0, 0.05) is 16.4 Å². The largest absolute Gasteiger partial charge is 0.493 e. The molecule has 0 fully saturated rings. The van der Waals surface area contributed by atoms with Gasteiger partial charge in [-0.15, -0.1) is 10.2 Å². The maximum Gasteiger partial charge on any atom is 0.302 e. The van der Waals surface area contributed by atoms with Crippen LogP contribution in [0.4, 0.5) is 5.69 Å². The van der Waals surface area contributed by atoms with E-state index in [2.05, 4.69) is 33.1 Å². The van der Waals surface area contributed by atoms with Gasteiger partial charge in [0.1, 0.15) is 5.75 Å². The fourth-order valence-electron chi connectivity index (χ4n) is 3.05. The number of amides is 1. The summed E-state index contributed by atoms with van der Waals surface area (Å²) in [5.74, 6) is 0.0931. The molecule has 29 heavy (non-hydrogen) atoms. The van der Waals surface area contributed by atoms with Crippen LogP contribution in [-0.4, -0.2) is 22.2 Å². The molecule has 0 radical (unpaired) electrons. The van der Waals surface area contributed by atoms with Crippen LogP contribution in [-0.2, 0) is 11.3 Å². The van der Waals surface area contributed by atoms with E-state index < -0.39 is 5.91 Å². The topological polar surface area (TPSA) is 76.2 Å². The number of aromatic nitrogens is 1. The van der Waals surface area contributed by atoms with Crippen molar-refractivity contribution in [3.05, 3.63) is 52.5 Å². The lowest BCUT2D eigenvalue weighted by Gasteiger charge is -2.06. The molecule has 0 atom stereocenters. The van der Waals surface area contributed by atoms with Gasteiger partial charge >= 0.3 is 5.91 Å². The number of hydrogen-bond acceptors (Lipinski definition) is 4. The molecule has 0 aliphatic carbocycles. The fourth-order valence-corrected chi connectivity index (χ4v) is 3.42. The Morgan fingerprint density at radius 1 is 1.17 bits per heavy atom. The van der Waals surface area contributed by atoms with Gasteiger partial charge in [-0.05, 0) is 43.7 Å². The van der Waals surface area contributed by atoms with E-state index in [4.69, 9.17) is 4.74 Å². The third-order valence-corrected chi connectivity index (χ3v) is 5.10. The standard InChI is InChI=1S/C22H24BrN3O3/c1-3-4-5-12-26-19-11-8-16(23)13-18(19)21(22(26)28)25-24-20(27)14-29-17-9-6-15(2)7-10-17/h6-11,13,28H,3-5,12,14H2,1-2H3. The first-order valence-electron chi connectivity index (χ1n) is 9.64. The van der Waals surface area contributed by atoms with Crippen LogP contribution in [0, 0.1) is 6.92 Å². The van der Waals surface area contributed by atoms with Crippen molar-refractivity contribution >= 4 is 38.4 Å². The van der Waals surface area contributed by atoms with Crippen molar-refractivity contribution in [2.45, 2.75) is 39.7 Å². The van der Waals surface area contributed by atoms with Gasteiger partial charge in [0.2, 0.25) is 5.88 Å². The number of azo groups is 1. The van der Waals surface area contributed by atoms with Crippen molar-refractivity contribution in [1.82, 2.24) is 4.57 Å². The van der Waals surface area contributed by atoms with Gasteiger partial charge in [-0.2, -0.15) is 0 Å².